The van der Waals surface area contributed by atoms with E-state index in [2.05, 4.69) is 48.5 Å². The predicted octanol–water partition coefficient (Wildman–Crippen LogP) is 6.48. The van der Waals surface area contributed by atoms with E-state index < -0.39 is 0 Å². The molecule has 5 rings (SSSR count). The largest absolute Gasteiger partial charge is 0.492 e. The van der Waals surface area contributed by atoms with Crippen LogP contribution in [0.3, 0.4) is 0 Å². The number of aromatic nitrogens is 3. The molecule has 6 heteroatoms. The Kier molecular flexibility index (Phi) is 6.57. The summed E-state index contributed by atoms with van der Waals surface area (Å²) in [6.07, 6.45) is 10.5. The zero-order valence-corrected chi connectivity index (χ0v) is 20.8. The van der Waals surface area contributed by atoms with Gasteiger partial charge in [-0.05, 0) is 57.4 Å². The van der Waals surface area contributed by atoms with Crippen molar-refractivity contribution < 1.29 is 4.74 Å². The summed E-state index contributed by atoms with van der Waals surface area (Å²) in [7, 11) is 1.91. The van der Waals surface area contributed by atoms with Crippen LogP contribution in [0, 0.1) is 13.8 Å². The van der Waals surface area contributed by atoms with Crippen molar-refractivity contribution in [2.24, 2.45) is 7.05 Å². The third-order valence-corrected chi connectivity index (χ3v) is 6.89. The van der Waals surface area contributed by atoms with Gasteiger partial charge in [-0.3, -0.25) is 9.67 Å². The van der Waals surface area contributed by atoms with Gasteiger partial charge in [0.15, 0.2) is 0 Å². The second-order valence-electron chi connectivity index (χ2n) is 9.41. The van der Waals surface area contributed by atoms with Crippen molar-refractivity contribution in [2.75, 3.05) is 13.2 Å². The van der Waals surface area contributed by atoms with E-state index in [-0.39, 0.29) is 0 Å². The van der Waals surface area contributed by atoms with E-state index >= 15 is 0 Å². The number of nitrogens with one attached hydrogen (secondary N) is 1. The third-order valence-electron chi connectivity index (χ3n) is 6.58. The van der Waals surface area contributed by atoms with Crippen molar-refractivity contribution in [3.05, 3.63) is 65.1 Å². The molecule has 176 valence electrons. The van der Waals surface area contributed by atoms with Crippen molar-refractivity contribution in [1.29, 1.82) is 0 Å². The van der Waals surface area contributed by atoms with Gasteiger partial charge < -0.3 is 10.1 Å². The molecule has 2 aromatic heterocycles. The average Bonchev–Trinajstić information content (AvgIpc) is 3.24. The van der Waals surface area contributed by atoms with Gasteiger partial charge in [-0.15, -0.1) is 0 Å². The number of fused-ring (bicyclic) bond motifs is 1. The van der Waals surface area contributed by atoms with E-state index in [1.165, 1.54) is 30.4 Å². The van der Waals surface area contributed by atoms with E-state index in [0.717, 1.165) is 51.9 Å². The highest BCUT2D eigenvalue weighted by Gasteiger charge is 2.18. The highest BCUT2D eigenvalue weighted by atomic mass is 35.5. The van der Waals surface area contributed by atoms with E-state index in [9.17, 15) is 0 Å². The molecule has 0 amide bonds. The van der Waals surface area contributed by atoms with Crippen molar-refractivity contribution in [2.45, 2.75) is 45.6 Å². The molecule has 1 aliphatic heterocycles. The molecule has 0 aliphatic carbocycles. The van der Waals surface area contributed by atoms with E-state index in [4.69, 9.17) is 21.3 Å². The molecule has 3 heterocycles. The molecular formula is C28H31ClN4O. The summed E-state index contributed by atoms with van der Waals surface area (Å²) < 4.78 is 8.37. The smallest absolute Gasteiger partial charge is 0.138 e. The molecule has 1 atom stereocenters. The molecule has 1 aliphatic rings. The maximum atomic E-state index is 6.68. The average molecular weight is 475 g/mol. The first-order valence-electron chi connectivity index (χ1n) is 12.0. The zero-order valence-electron chi connectivity index (χ0n) is 20.1. The highest BCUT2D eigenvalue weighted by molar-refractivity contribution is 6.34. The van der Waals surface area contributed by atoms with Gasteiger partial charge in [0.25, 0.3) is 0 Å². The van der Waals surface area contributed by atoms with Crippen LogP contribution in [0.2, 0.25) is 5.02 Å². The molecule has 1 saturated heterocycles. The number of rotatable bonds is 6. The van der Waals surface area contributed by atoms with Gasteiger partial charge in [-0.1, -0.05) is 47.3 Å². The van der Waals surface area contributed by atoms with Crippen LogP contribution in [0.1, 0.15) is 36.8 Å². The van der Waals surface area contributed by atoms with Gasteiger partial charge in [0.2, 0.25) is 0 Å². The minimum absolute atomic E-state index is 0.520. The number of benzene rings is 2. The number of aryl methyl sites for hydroxylation is 3. The minimum Gasteiger partial charge on any atom is -0.492 e. The van der Waals surface area contributed by atoms with Crippen LogP contribution in [-0.2, 0) is 7.05 Å². The first-order chi connectivity index (χ1) is 16.5. The van der Waals surface area contributed by atoms with Gasteiger partial charge in [0.1, 0.15) is 5.75 Å². The lowest BCUT2D eigenvalue weighted by Crippen LogP contribution is -2.35. The van der Waals surface area contributed by atoms with Crippen molar-refractivity contribution >= 4 is 22.5 Å². The van der Waals surface area contributed by atoms with E-state index in [1.54, 1.807) is 4.68 Å². The summed E-state index contributed by atoms with van der Waals surface area (Å²) in [4.78, 5) is 4.78. The molecular weight excluding hydrogens is 444 g/mol. The lowest BCUT2D eigenvalue weighted by molar-refractivity contribution is 0.271. The monoisotopic (exact) mass is 474 g/mol. The van der Waals surface area contributed by atoms with Gasteiger partial charge in [-0.25, -0.2) is 0 Å². The lowest BCUT2D eigenvalue weighted by Gasteiger charge is -2.24. The zero-order chi connectivity index (χ0) is 23.7. The topological polar surface area (TPSA) is 52.0 Å². The normalized spacial score (nSPS) is 16.2. The van der Waals surface area contributed by atoms with E-state index in [0.29, 0.717) is 17.7 Å². The summed E-state index contributed by atoms with van der Waals surface area (Å²) in [5.41, 5.74) is 7.31. The molecule has 0 bridgehead atoms. The molecule has 0 radical (unpaired) electrons. The Morgan fingerprint density at radius 3 is 2.56 bits per heavy atom. The number of ether oxygens (including phenoxy) is 1. The van der Waals surface area contributed by atoms with Crippen molar-refractivity contribution in [1.82, 2.24) is 20.1 Å². The maximum absolute atomic E-state index is 6.68. The second kappa shape index (κ2) is 9.77. The Morgan fingerprint density at radius 1 is 1.03 bits per heavy atom. The summed E-state index contributed by atoms with van der Waals surface area (Å²) in [6.45, 7) is 6.00. The minimum atomic E-state index is 0.520. The molecule has 34 heavy (non-hydrogen) atoms. The van der Waals surface area contributed by atoms with Crippen molar-refractivity contribution in [3.63, 3.8) is 0 Å². The lowest BCUT2D eigenvalue weighted by atomic mass is 9.98. The summed E-state index contributed by atoms with van der Waals surface area (Å²) in [5.74, 6) is 0.868. The van der Waals surface area contributed by atoms with Gasteiger partial charge >= 0.3 is 0 Å². The predicted molar refractivity (Wildman–Crippen MR) is 140 cm³/mol. The Balaban J connectivity index is 1.60. The first kappa shape index (κ1) is 22.9. The SMILES string of the molecule is Cc1cc(C)cc(-c2cnc3cc(Cl)c(-c4cnn(C)c4)cc3c2OCCC2CCCCN2)c1. The number of halogens is 1. The second-order valence-corrected chi connectivity index (χ2v) is 9.82. The molecule has 2 aromatic carbocycles. The Bertz CT molecular complexity index is 1300. The van der Waals surface area contributed by atoms with Crippen LogP contribution in [0.25, 0.3) is 33.2 Å². The molecule has 5 nitrogen and oxygen atoms in total. The molecule has 1 fully saturated rings. The van der Waals surface area contributed by atoms with Crippen LogP contribution >= 0.6 is 11.6 Å². The number of piperidine rings is 1. The fourth-order valence-corrected chi connectivity index (χ4v) is 5.20. The van der Waals surface area contributed by atoms with Gasteiger partial charge in [0.05, 0.1) is 23.3 Å². The number of hydrogen-bond acceptors (Lipinski definition) is 4. The maximum Gasteiger partial charge on any atom is 0.138 e. The molecule has 1 unspecified atom stereocenters. The number of hydrogen-bond donors (Lipinski definition) is 1. The van der Waals surface area contributed by atoms with Crippen LogP contribution in [0.4, 0.5) is 0 Å². The van der Waals surface area contributed by atoms with Gasteiger partial charge in [-0.2, -0.15) is 5.10 Å². The quantitative estimate of drug-likeness (QED) is 0.347. The fraction of sp³-hybridized carbons (Fsp3) is 0.357. The molecule has 0 spiro atoms. The van der Waals surface area contributed by atoms with Crippen LogP contribution in [0.15, 0.2) is 48.9 Å². The van der Waals surface area contributed by atoms with Gasteiger partial charge in [0, 0.05) is 47.6 Å². The Morgan fingerprint density at radius 2 is 1.85 bits per heavy atom. The molecule has 1 N–H and O–H groups in total. The molecule has 4 aromatic rings. The third kappa shape index (κ3) is 4.82. The summed E-state index contributed by atoms with van der Waals surface area (Å²) in [5, 5.41) is 9.58. The summed E-state index contributed by atoms with van der Waals surface area (Å²) >= 11 is 6.68. The number of pyridine rings is 1. The van der Waals surface area contributed by atoms with E-state index in [1.807, 2.05) is 31.7 Å². The van der Waals surface area contributed by atoms with Crippen LogP contribution in [-0.4, -0.2) is 34.0 Å². The first-order valence-corrected chi connectivity index (χ1v) is 12.4. The number of nitrogens with zero attached hydrogens (tertiary/aromatic N) is 3. The Hall–Kier alpha value is -2.89. The standard InChI is InChI=1S/C28H31ClN4O/c1-18-10-19(2)12-20(11-18)25-16-31-27-14-26(29)23(21-15-32-33(3)17-21)13-24(27)28(25)34-9-7-22-6-4-5-8-30-22/h10-17,22,30H,4-9H2,1-3H3. The Labute approximate surface area is 206 Å². The fourth-order valence-electron chi connectivity index (χ4n) is 4.94. The highest BCUT2D eigenvalue weighted by Crippen LogP contribution is 2.40. The molecule has 0 saturated carbocycles. The van der Waals surface area contributed by atoms with Crippen LogP contribution < -0.4 is 10.1 Å². The van der Waals surface area contributed by atoms with Crippen molar-refractivity contribution in [3.8, 4) is 28.0 Å². The van der Waals surface area contributed by atoms with Crippen LogP contribution in [0.5, 0.6) is 5.75 Å². The summed E-state index contributed by atoms with van der Waals surface area (Å²) in [6, 6.07) is 11.1.